The number of carbonyl (C=O) groups excluding carboxylic acids is 1. The molecule has 8 nitrogen and oxygen atoms in total. The first-order chi connectivity index (χ1) is 8.79. The molecule has 0 atom stereocenters. The number of carbonyl (C=O) groups is 1. The van der Waals surface area contributed by atoms with Crippen molar-refractivity contribution < 1.29 is 15.0 Å². The van der Waals surface area contributed by atoms with Crippen molar-refractivity contribution >= 4 is 23.3 Å². The van der Waals surface area contributed by atoms with Gasteiger partial charge in [0.05, 0.1) is 12.7 Å². The van der Waals surface area contributed by atoms with E-state index >= 15 is 0 Å². The molecule has 0 bridgehead atoms. The van der Waals surface area contributed by atoms with Crippen molar-refractivity contribution in [3.8, 4) is 5.75 Å². The van der Waals surface area contributed by atoms with Crippen LogP contribution in [0.5, 0.6) is 5.75 Å². The van der Waals surface area contributed by atoms with Crippen LogP contribution >= 0.6 is 0 Å². The van der Waals surface area contributed by atoms with E-state index in [1.165, 1.54) is 0 Å². The Morgan fingerprint density at radius 3 is 2.68 bits per heavy atom. The van der Waals surface area contributed by atoms with Gasteiger partial charge in [-0.3, -0.25) is 4.79 Å². The summed E-state index contributed by atoms with van der Waals surface area (Å²) in [6.45, 7) is 0. The molecule has 3 rings (SSSR count). The van der Waals surface area contributed by atoms with Gasteiger partial charge in [-0.25, -0.2) is 4.99 Å². The third-order valence-electron chi connectivity index (χ3n) is 2.47. The zero-order chi connectivity index (χ0) is 12.5. The number of amides is 1. The maximum Gasteiger partial charge on any atom is 0.303 e. The van der Waals surface area contributed by atoms with Crippen LogP contribution in [0.15, 0.2) is 49.7 Å². The van der Waals surface area contributed by atoms with Crippen molar-refractivity contribution in [3.63, 3.8) is 0 Å². The fourth-order valence-corrected chi connectivity index (χ4v) is 1.64. The van der Waals surface area contributed by atoms with Gasteiger partial charge in [0.2, 0.25) is 11.5 Å². The second-order valence-electron chi connectivity index (χ2n) is 3.51. The molecular formula is C11H9N5O3. The minimum Gasteiger partial charge on any atom is -0.496 e. The number of benzene rings is 1. The molecule has 0 spiro atoms. The van der Waals surface area contributed by atoms with Crippen molar-refractivity contribution in [3.05, 3.63) is 29.8 Å². The van der Waals surface area contributed by atoms with E-state index in [1.807, 2.05) is 12.1 Å². The number of ether oxygens (including phenoxy) is 1. The zero-order valence-electron chi connectivity index (χ0n) is 9.86. The van der Waals surface area contributed by atoms with Crippen LogP contribution in [-0.4, -0.2) is 35.9 Å². The fraction of sp³-hybridized carbons (Fsp3) is 0.0909. The highest BCUT2D eigenvalue weighted by atomic mass is 16.5. The molecule has 96 valence electrons. The van der Waals surface area contributed by atoms with Crippen LogP contribution in [0.2, 0.25) is 0 Å². The van der Waals surface area contributed by atoms with Crippen LogP contribution in [0, 0.1) is 0 Å². The Labute approximate surface area is 107 Å². The van der Waals surface area contributed by atoms with Crippen LogP contribution in [-0.2, 0) is 4.79 Å². The van der Waals surface area contributed by atoms with Crippen molar-refractivity contribution in [2.24, 2.45) is 25.4 Å². The summed E-state index contributed by atoms with van der Waals surface area (Å²) in [6, 6.07) is 7.17. The van der Waals surface area contributed by atoms with Gasteiger partial charge in [-0.1, -0.05) is 12.1 Å². The molecule has 0 unspecified atom stereocenters. The van der Waals surface area contributed by atoms with Crippen molar-refractivity contribution in [1.29, 1.82) is 0 Å². The van der Waals surface area contributed by atoms with Gasteiger partial charge in [-0.2, -0.15) is 4.99 Å². The zero-order valence-corrected chi connectivity index (χ0v) is 9.86. The molecule has 0 saturated heterocycles. The van der Waals surface area contributed by atoms with Crippen LogP contribution in [0.4, 0.5) is 0 Å². The fourth-order valence-electron chi connectivity index (χ4n) is 1.64. The van der Waals surface area contributed by atoms with Gasteiger partial charge >= 0.3 is 5.91 Å². The summed E-state index contributed by atoms with van der Waals surface area (Å²) in [5.74, 6) is 0.540. The number of aliphatic imine (C=N–C) groups is 2. The van der Waals surface area contributed by atoms with E-state index in [1.54, 1.807) is 19.2 Å². The number of methoxy groups -OCH3 is 1. The molecule has 0 saturated carbocycles. The first-order valence-corrected chi connectivity index (χ1v) is 5.14. The smallest absolute Gasteiger partial charge is 0.303 e. The Morgan fingerprint density at radius 2 is 1.89 bits per heavy atom. The number of amidine groups is 2. The number of fused-ring (bicyclic) bond motifs is 1. The summed E-state index contributed by atoms with van der Waals surface area (Å²) in [5.41, 5.74) is 0.704. The third kappa shape index (κ3) is 2.04. The second kappa shape index (κ2) is 4.86. The van der Waals surface area contributed by atoms with Crippen LogP contribution in [0.3, 0.4) is 0 Å². The van der Waals surface area contributed by atoms with Crippen molar-refractivity contribution in [2.45, 2.75) is 0 Å². The summed E-state index contributed by atoms with van der Waals surface area (Å²) >= 11 is 0. The number of hydrogen-bond acceptors (Lipinski definition) is 6. The number of para-hydroxylation sites is 1. The third-order valence-corrected chi connectivity index (χ3v) is 2.47. The van der Waals surface area contributed by atoms with E-state index < -0.39 is 5.91 Å². The van der Waals surface area contributed by atoms with Crippen molar-refractivity contribution in [2.75, 3.05) is 7.11 Å². The van der Waals surface area contributed by atoms with E-state index in [9.17, 15) is 4.79 Å². The molecule has 0 fully saturated rings. The molecule has 8 heteroatoms. The lowest BCUT2D eigenvalue weighted by molar-refractivity contribution is -0.111. The molecule has 1 aromatic carbocycles. The second-order valence-corrected chi connectivity index (χ2v) is 3.51. The van der Waals surface area contributed by atoms with E-state index in [2.05, 4.69) is 25.4 Å². The van der Waals surface area contributed by atoms with Crippen LogP contribution in [0.1, 0.15) is 5.56 Å². The normalized spacial score (nSPS) is 16.1. The molecular weight excluding hydrogens is 250 g/mol. The lowest BCUT2D eigenvalue weighted by Gasteiger charge is -2.10. The number of rotatable bonds is 2. The van der Waals surface area contributed by atoms with Gasteiger partial charge in [0.1, 0.15) is 5.75 Å². The number of nitrogens with zero attached hydrogens (tertiary/aromatic N) is 5. The molecule has 2 N–H and O–H groups in total. The largest absolute Gasteiger partial charge is 0.496 e. The average Bonchev–Trinajstić information content (AvgIpc) is 2.87. The van der Waals surface area contributed by atoms with E-state index in [0.717, 1.165) is 0 Å². The Kier molecular flexibility index (Phi) is 3.25. The van der Waals surface area contributed by atoms with Crippen molar-refractivity contribution in [1.82, 2.24) is 0 Å². The monoisotopic (exact) mass is 259 g/mol. The van der Waals surface area contributed by atoms with Gasteiger partial charge in [0.15, 0.2) is 5.84 Å². The molecule has 0 aromatic heterocycles. The molecule has 1 amide bonds. The molecule has 19 heavy (non-hydrogen) atoms. The first-order valence-electron chi connectivity index (χ1n) is 5.14. The maximum absolute atomic E-state index is 11.7. The predicted octanol–water partition coefficient (Wildman–Crippen LogP) is 0.378. The molecule has 1 aromatic rings. The minimum absolute atomic E-state index is 0. The summed E-state index contributed by atoms with van der Waals surface area (Å²) in [7, 11) is 1.54. The van der Waals surface area contributed by atoms with Crippen LogP contribution < -0.4 is 4.74 Å². The predicted molar refractivity (Wildman–Crippen MR) is 67.9 cm³/mol. The van der Waals surface area contributed by atoms with Gasteiger partial charge in [-0.15, -0.1) is 10.2 Å². The Hall–Kier alpha value is -2.74. The molecule has 2 aliphatic rings. The SMILES string of the molecule is COc1ccccc1C1=NC(=O)C2=NN=NC2=N1.O. The van der Waals surface area contributed by atoms with Crippen LogP contribution in [0.25, 0.3) is 0 Å². The lowest BCUT2D eigenvalue weighted by atomic mass is 10.1. The van der Waals surface area contributed by atoms with Gasteiger partial charge < -0.3 is 10.2 Å². The van der Waals surface area contributed by atoms with Gasteiger partial charge in [-0.05, 0) is 17.4 Å². The topological polar surface area (TPSA) is 120 Å². The molecule has 2 heterocycles. The van der Waals surface area contributed by atoms with Gasteiger partial charge in [0, 0.05) is 0 Å². The van der Waals surface area contributed by atoms with Gasteiger partial charge in [0.25, 0.3) is 0 Å². The first kappa shape index (κ1) is 12.7. The van der Waals surface area contributed by atoms with E-state index in [0.29, 0.717) is 11.3 Å². The quantitative estimate of drug-likeness (QED) is 0.762. The summed E-state index contributed by atoms with van der Waals surface area (Å²) < 4.78 is 5.20. The maximum atomic E-state index is 11.7. The summed E-state index contributed by atoms with van der Waals surface area (Å²) in [6.07, 6.45) is 0. The van der Waals surface area contributed by atoms with E-state index in [-0.39, 0.29) is 22.9 Å². The van der Waals surface area contributed by atoms with E-state index in [4.69, 9.17) is 4.74 Å². The molecule has 0 aliphatic carbocycles. The molecule has 0 radical (unpaired) electrons. The number of hydrogen-bond donors (Lipinski definition) is 0. The minimum atomic E-state index is -0.495. The highest BCUT2D eigenvalue weighted by Crippen LogP contribution is 2.21. The Balaban J connectivity index is 0.00000133. The average molecular weight is 259 g/mol. The highest BCUT2D eigenvalue weighted by Gasteiger charge is 2.28. The standard InChI is InChI=1S/C11H7N5O2.H2O/c1-18-7-5-3-2-4-6(7)9-12-10-8(11(17)13-9)14-16-15-10;/h2-5H,1H3;1H2. The highest BCUT2D eigenvalue weighted by molar-refractivity contribution is 6.69. The Morgan fingerprint density at radius 1 is 1.11 bits per heavy atom. The summed E-state index contributed by atoms with van der Waals surface area (Å²) in [4.78, 5) is 19.7. The molecule has 2 aliphatic heterocycles. The Bertz CT molecular complexity index is 660. The lowest BCUT2D eigenvalue weighted by Crippen LogP contribution is -2.26. The summed E-state index contributed by atoms with van der Waals surface area (Å²) in [5, 5.41) is 10.6.